The van der Waals surface area contributed by atoms with Gasteiger partial charge in [0.25, 0.3) is 5.69 Å². The third-order valence-electron chi connectivity index (χ3n) is 3.98. The molecule has 0 spiro atoms. The van der Waals surface area contributed by atoms with Gasteiger partial charge in [-0.3, -0.25) is 14.9 Å². The molecule has 8 nitrogen and oxygen atoms in total. The number of nitro benzene ring substituents is 1. The summed E-state index contributed by atoms with van der Waals surface area (Å²) < 4.78 is 5.18. The number of nitro groups is 1. The van der Waals surface area contributed by atoms with Crippen molar-refractivity contribution in [2.75, 3.05) is 5.73 Å². The van der Waals surface area contributed by atoms with Crippen molar-refractivity contribution < 1.29 is 19.2 Å². The third-order valence-corrected chi connectivity index (χ3v) is 3.98. The highest BCUT2D eigenvalue weighted by atomic mass is 16.6. The normalized spacial score (nSPS) is 11.9. The van der Waals surface area contributed by atoms with Gasteiger partial charge in [-0.2, -0.15) is 0 Å². The summed E-state index contributed by atoms with van der Waals surface area (Å²) in [6.45, 7) is 1.44. The van der Waals surface area contributed by atoms with Gasteiger partial charge in [0, 0.05) is 40.5 Å². The van der Waals surface area contributed by atoms with Crippen LogP contribution in [0.5, 0.6) is 0 Å². The van der Waals surface area contributed by atoms with Crippen molar-refractivity contribution in [2.45, 2.75) is 13.0 Å². The molecule has 0 unspecified atom stereocenters. The lowest BCUT2D eigenvalue weighted by Crippen LogP contribution is -2.24. The number of esters is 1. The van der Waals surface area contributed by atoms with Gasteiger partial charge >= 0.3 is 5.97 Å². The topological polar surface area (TPSA) is 128 Å². The van der Waals surface area contributed by atoms with E-state index in [9.17, 15) is 19.7 Å². The van der Waals surface area contributed by atoms with Crippen LogP contribution >= 0.6 is 0 Å². The number of aromatic amines is 1. The number of nitrogens with one attached hydrogen (secondary N) is 1. The number of anilines is 1. The lowest BCUT2D eigenvalue weighted by molar-refractivity contribution is -0.384. The number of nitrogen functional groups attached to an aromatic ring is 1. The Morgan fingerprint density at radius 2 is 1.92 bits per heavy atom. The van der Waals surface area contributed by atoms with Crippen LogP contribution in [0.15, 0.2) is 48.7 Å². The Bertz CT molecular complexity index is 1020. The number of ether oxygens (including phenoxy) is 1. The van der Waals surface area contributed by atoms with Crippen molar-refractivity contribution in [1.82, 2.24) is 4.98 Å². The van der Waals surface area contributed by atoms with Gasteiger partial charge in [-0.15, -0.1) is 0 Å². The Balaban J connectivity index is 1.82. The molecule has 0 radical (unpaired) electrons. The molecule has 1 atom stereocenters. The number of carbonyl (C=O) groups is 2. The molecule has 3 rings (SSSR count). The molecular formula is C18H15N3O5. The number of non-ortho nitro benzene ring substituents is 1. The predicted octanol–water partition coefficient (Wildman–Crippen LogP) is 3.09. The fraction of sp³-hybridized carbons (Fsp3) is 0.111. The van der Waals surface area contributed by atoms with Crippen LogP contribution in [0.3, 0.4) is 0 Å². The molecule has 0 aliphatic rings. The molecule has 0 aliphatic carbocycles. The number of ketones is 1. The molecule has 8 heteroatoms. The number of nitrogens with two attached hydrogens (primary N) is 1. The van der Waals surface area contributed by atoms with Crippen molar-refractivity contribution in [3.05, 3.63) is 69.9 Å². The van der Waals surface area contributed by atoms with Crippen LogP contribution in [0.25, 0.3) is 10.9 Å². The van der Waals surface area contributed by atoms with Gasteiger partial charge in [0.2, 0.25) is 5.78 Å². The lowest BCUT2D eigenvalue weighted by atomic mass is 10.1. The molecule has 0 saturated carbocycles. The number of carbonyl (C=O) groups excluding carboxylic acids is 2. The first-order valence-corrected chi connectivity index (χ1v) is 7.73. The second-order valence-electron chi connectivity index (χ2n) is 5.69. The highest BCUT2D eigenvalue weighted by Crippen LogP contribution is 2.23. The van der Waals surface area contributed by atoms with E-state index in [-0.39, 0.29) is 22.7 Å². The molecule has 0 bridgehead atoms. The van der Waals surface area contributed by atoms with E-state index >= 15 is 0 Å². The summed E-state index contributed by atoms with van der Waals surface area (Å²) in [6, 6.07) is 10.7. The largest absolute Gasteiger partial charge is 0.451 e. The van der Waals surface area contributed by atoms with Crippen LogP contribution in [-0.4, -0.2) is 27.8 Å². The predicted molar refractivity (Wildman–Crippen MR) is 95.0 cm³/mol. The molecule has 26 heavy (non-hydrogen) atoms. The zero-order valence-corrected chi connectivity index (χ0v) is 13.8. The fourth-order valence-corrected chi connectivity index (χ4v) is 2.61. The Morgan fingerprint density at radius 3 is 2.65 bits per heavy atom. The van der Waals surface area contributed by atoms with Crippen LogP contribution in [-0.2, 0) is 4.74 Å². The van der Waals surface area contributed by atoms with Gasteiger partial charge in [0.05, 0.1) is 10.5 Å². The van der Waals surface area contributed by atoms with Crippen LogP contribution in [0.1, 0.15) is 27.6 Å². The van der Waals surface area contributed by atoms with Crippen molar-refractivity contribution in [3.63, 3.8) is 0 Å². The lowest BCUT2D eigenvalue weighted by Gasteiger charge is -2.13. The minimum atomic E-state index is -1.08. The zero-order valence-electron chi connectivity index (χ0n) is 13.8. The summed E-state index contributed by atoms with van der Waals surface area (Å²) >= 11 is 0. The summed E-state index contributed by atoms with van der Waals surface area (Å²) in [5, 5.41) is 11.6. The van der Waals surface area contributed by atoms with Gasteiger partial charge in [-0.25, -0.2) is 4.79 Å². The number of para-hydroxylation sites is 1. The van der Waals surface area contributed by atoms with Gasteiger partial charge in [0.1, 0.15) is 0 Å². The molecular weight excluding hydrogens is 338 g/mol. The number of H-pyrrole nitrogens is 1. The molecule has 2 aromatic carbocycles. The number of hydrogen-bond donors (Lipinski definition) is 2. The number of aromatic nitrogens is 1. The quantitative estimate of drug-likeness (QED) is 0.238. The second-order valence-corrected chi connectivity index (χ2v) is 5.69. The number of Topliss-reactive ketones (excluding diaryl/α,β-unsaturated/α-hetero) is 1. The van der Waals surface area contributed by atoms with Crippen molar-refractivity contribution >= 4 is 34.0 Å². The molecule has 132 valence electrons. The number of nitrogens with zero attached hydrogens (tertiary/aromatic N) is 1. The maximum atomic E-state index is 12.6. The summed E-state index contributed by atoms with van der Waals surface area (Å²) in [7, 11) is 0. The SMILES string of the molecule is C[C@H](OC(=O)c1cc([N+](=O)[O-])ccc1N)C(=O)c1c[nH]c2ccccc12. The maximum Gasteiger partial charge on any atom is 0.341 e. The van der Waals surface area contributed by atoms with Crippen molar-refractivity contribution in [1.29, 1.82) is 0 Å². The van der Waals surface area contributed by atoms with Crippen LogP contribution < -0.4 is 5.73 Å². The first-order chi connectivity index (χ1) is 12.4. The Labute approximate surface area is 147 Å². The van der Waals surface area contributed by atoms with E-state index < -0.39 is 17.0 Å². The number of benzene rings is 2. The molecule has 3 aromatic rings. The van der Waals surface area contributed by atoms with Crippen molar-refractivity contribution in [3.8, 4) is 0 Å². The first-order valence-electron chi connectivity index (χ1n) is 7.73. The number of hydrogen-bond acceptors (Lipinski definition) is 6. The van der Waals surface area contributed by atoms with Gasteiger partial charge in [-0.05, 0) is 19.1 Å². The average Bonchev–Trinajstić information content (AvgIpc) is 3.05. The highest BCUT2D eigenvalue weighted by Gasteiger charge is 2.24. The highest BCUT2D eigenvalue weighted by molar-refractivity contribution is 6.10. The fourth-order valence-electron chi connectivity index (χ4n) is 2.61. The standard InChI is InChI=1S/C18H15N3O5/c1-10(17(22)14-9-20-16-5-3-2-4-12(14)16)26-18(23)13-8-11(21(24)25)6-7-15(13)19/h2-10,20H,19H2,1H3/t10-/m0/s1. The summed E-state index contributed by atoms with van der Waals surface area (Å²) in [5.41, 5.74) is 6.47. The third kappa shape index (κ3) is 3.12. The summed E-state index contributed by atoms with van der Waals surface area (Å²) in [4.78, 5) is 38.1. The van der Waals surface area contributed by atoms with Crippen LogP contribution in [0.2, 0.25) is 0 Å². The molecule has 0 saturated heterocycles. The van der Waals surface area contributed by atoms with E-state index in [1.165, 1.54) is 19.1 Å². The van der Waals surface area contributed by atoms with Crippen molar-refractivity contribution in [2.24, 2.45) is 0 Å². The Morgan fingerprint density at radius 1 is 1.19 bits per heavy atom. The van der Waals surface area contributed by atoms with Crippen LogP contribution in [0.4, 0.5) is 11.4 Å². The van der Waals surface area contributed by atoms with Gasteiger partial charge in [-0.1, -0.05) is 18.2 Å². The summed E-state index contributed by atoms with van der Waals surface area (Å²) in [5.74, 6) is -1.29. The van der Waals surface area contributed by atoms with E-state index in [1.54, 1.807) is 18.3 Å². The van der Waals surface area contributed by atoms with E-state index in [0.717, 1.165) is 17.0 Å². The first kappa shape index (κ1) is 17.2. The zero-order chi connectivity index (χ0) is 18.8. The Kier molecular flexibility index (Phi) is 4.40. The van der Waals surface area contributed by atoms with Gasteiger partial charge < -0.3 is 15.5 Å². The molecule has 3 N–H and O–H groups in total. The summed E-state index contributed by atoms with van der Waals surface area (Å²) in [6.07, 6.45) is 0.472. The Hall–Kier alpha value is -3.68. The average molecular weight is 353 g/mol. The van der Waals surface area contributed by atoms with Gasteiger partial charge in [0.15, 0.2) is 6.10 Å². The minimum absolute atomic E-state index is 0.0346. The molecule has 1 heterocycles. The maximum absolute atomic E-state index is 12.6. The molecule has 0 fully saturated rings. The van der Waals surface area contributed by atoms with E-state index in [2.05, 4.69) is 4.98 Å². The van der Waals surface area contributed by atoms with E-state index in [1.807, 2.05) is 12.1 Å². The van der Waals surface area contributed by atoms with E-state index in [4.69, 9.17) is 10.5 Å². The van der Waals surface area contributed by atoms with Crippen LogP contribution in [0, 0.1) is 10.1 Å². The molecule has 0 amide bonds. The number of fused-ring (bicyclic) bond motifs is 1. The minimum Gasteiger partial charge on any atom is -0.451 e. The smallest absolute Gasteiger partial charge is 0.341 e. The second kappa shape index (κ2) is 6.67. The molecule has 0 aliphatic heterocycles. The molecule has 1 aromatic heterocycles. The monoisotopic (exact) mass is 353 g/mol. The number of rotatable bonds is 5. The van der Waals surface area contributed by atoms with E-state index in [0.29, 0.717) is 5.56 Å².